The quantitative estimate of drug-likeness (QED) is 0.442. The van der Waals surface area contributed by atoms with Crippen molar-refractivity contribution in [3.63, 3.8) is 0 Å². The van der Waals surface area contributed by atoms with Crippen molar-refractivity contribution < 1.29 is 0 Å². The Bertz CT molecular complexity index is 653. The van der Waals surface area contributed by atoms with Crippen LogP contribution in [0.15, 0.2) is 15.7 Å². The molecule has 6 nitrogen and oxygen atoms in total. The third kappa shape index (κ3) is 1.26. The standard InChI is InChI=1S/C9H10N4O2/c1-3-2-4-5(7(11)6(3)10)8(14)13-9(15)12-4/h2H,10-11H2,1H3,(H2,12,13,14,15). The molecule has 0 amide bonds. The topological polar surface area (TPSA) is 118 Å². The fraction of sp³-hybridized carbons (Fsp3) is 0.111. The molecule has 78 valence electrons. The number of hydrogen-bond donors (Lipinski definition) is 4. The first kappa shape index (κ1) is 9.32. The molecule has 0 radical (unpaired) electrons. The van der Waals surface area contributed by atoms with Gasteiger partial charge in [-0.15, -0.1) is 0 Å². The molecule has 0 aliphatic rings. The average Bonchev–Trinajstić information content (AvgIpc) is 2.13. The predicted molar refractivity (Wildman–Crippen MR) is 58.8 cm³/mol. The molecule has 6 N–H and O–H groups in total. The van der Waals surface area contributed by atoms with Crippen molar-refractivity contribution in [2.75, 3.05) is 11.5 Å². The summed E-state index contributed by atoms with van der Waals surface area (Å²) >= 11 is 0. The molecule has 1 aromatic carbocycles. The maximum absolute atomic E-state index is 11.5. The molecule has 0 atom stereocenters. The zero-order valence-electron chi connectivity index (χ0n) is 8.05. The van der Waals surface area contributed by atoms with Crippen LogP contribution in [0.3, 0.4) is 0 Å². The molecule has 15 heavy (non-hydrogen) atoms. The molecule has 0 bridgehead atoms. The van der Waals surface area contributed by atoms with E-state index in [1.165, 1.54) is 0 Å². The fourth-order valence-electron chi connectivity index (χ4n) is 1.52. The Hall–Kier alpha value is -2.24. The molecule has 0 unspecified atom stereocenters. The minimum atomic E-state index is -0.559. The SMILES string of the molecule is Cc1cc2[nH]c(=O)[nH]c(=O)c2c(N)c1N. The molecule has 0 aliphatic heterocycles. The van der Waals surface area contributed by atoms with Gasteiger partial charge in [-0.1, -0.05) is 0 Å². The largest absolute Gasteiger partial charge is 0.397 e. The number of nitrogens with one attached hydrogen (secondary N) is 2. The van der Waals surface area contributed by atoms with Crippen molar-refractivity contribution in [3.8, 4) is 0 Å². The summed E-state index contributed by atoms with van der Waals surface area (Å²) in [6, 6.07) is 1.62. The summed E-state index contributed by atoms with van der Waals surface area (Å²) in [5.41, 5.74) is 12.0. The molecular weight excluding hydrogens is 196 g/mol. The number of rotatable bonds is 0. The monoisotopic (exact) mass is 206 g/mol. The third-order valence-electron chi connectivity index (χ3n) is 2.32. The van der Waals surface area contributed by atoms with Crippen molar-refractivity contribution in [3.05, 3.63) is 32.5 Å². The van der Waals surface area contributed by atoms with E-state index in [4.69, 9.17) is 11.5 Å². The van der Waals surface area contributed by atoms with Crippen molar-refractivity contribution in [2.45, 2.75) is 6.92 Å². The fourth-order valence-corrected chi connectivity index (χ4v) is 1.52. The Kier molecular flexibility index (Phi) is 1.79. The van der Waals surface area contributed by atoms with E-state index in [2.05, 4.69) is 9.97 Å². The number of benzene rings is 1. The highest BCUT2D eigenvalue weighted by Crippen LogP contribution is 2.25. The Labute approximate surface area is 83.9 Å². The van der Waals surface area contributed by atoms with Crippen LogP contribution in [-0.2, 0) is 0 Å². The van der Waals surface area contributed by atoms with Gasteiger partial charge in [-0.25, -0.2) is 4.79 Å². The number of nitrogens with two attached hydrogens (primary N) is 2. The van der Waals surface area contributed by atoms with Gasteiger partial charge in [0.1, 0.15) is 0 Å². The lowest BCUT2D eigenvalue weighted by Gasteiger charge is -2.07. The summed E-state index contributed by atoms with van der Waals surface area (Å²) in [5, 5.41) is 0.220. The minimum Gasteiger partial charge on any atom is -0.397 e. The molecule has 0 aliphatic carbocycles. The first-order valence-electron chi connectivity index (χ1n) is 4.31. The zero-order chi connectivity index (χ0) is 11.2. The number of fused-ring (bicyclic) bond motifs is 1. The van der Waals surface area contributed by atoms with Crippen LogP contribution < -0.4 is 22.7 Å². The zero-order valence-corrected chi connectivity index (χ0v) is 8.05. The summed E-state index contributed by atoms with van der Waals surface area (Å²) in [6.45, 7) is 1.75. The first-order chi connectivity index (χ1) is 7.00. The van der Waals surface area contributed by atoms with Gasteiger partial charge < -0.3 is 16.5 Å². The van der Waals surface area contributed by atoms with E-state index in [0.717, 1.165) is 5.56 Å². The molecule has 1 heterocycles. The van der Waals surface area contributed by atoms with Crippen LogP contribution in [0.2, 0.25) is 0 Å². The Morgan fingerprint density at radius 1 is 1.13 bits per heavy atom. The Morgan fingerprint density at radius 2 is 1.80 bits per heavy atom. The molecule has 0 saturated heterocycles. The average molecular weight is 206 g/mol. The Balaban J connectivity index is 3.13. The van der Waals surface area contributed by atoms with Gasteiger partial charge >= 0.3 is 5.69 Å². The predicted octanol–water partition coefficient (Wildman–Crippen LogP) is -0.311. The number of aryl methyl sites for hydroxylation is 1. The van der Waals surface area contributed by atoms with Crippen LogP contribution in [-0.4, -0.2) is 9.97 Å². The van der Waals surface area contributed by atoms with E-state index in [0.29, 0.717) is 11.2 Å². The second kappa shape index (κ2) is 2.88. The number of aromatic nitrogens is 2. The molecule has 2 aromatic rings. The summed E-state index contributed by atoms with van der Waals surface area (Å²) in [6.07, 6.45) is 0. The summed E-state index contributed by atoms with van der Waals surface area (Å²) < 4.78 is 0. The highest BCUT2D eigenvalue weighted by molar-refractivity contribution is 5.96. The second-order valence-electron chi connectivity index (χ2n) is 3.35. The second-order valence-corrected chi connectivity index (χ2v) is 3.35. The highest BCUT2D eigenvalue weighted by atomic mass is 16.2. The van der Waals surface area contributed by atoms with E-state index in [1.807, 2.05) is 0 Å². The molecule has 0 saturated carbocycles. The number of H-pyrrole nitrogens is 2. The van der Waals surface area contributed by atoms with Crippen LogP contribution in [0.5, 0.6) is 0 Å². The van der Waals surface area contributed by atoms with Crippen molar-refractivity contribution >= 4 is 22.3 Å². The molecule has 1 aromatic heterocycles. The normalized spacial score (nSPS) is 10.7. The van der Waals surface area contributed by atoms with Crippen molar-refractivity contribution in [1.29, 1.82) is 0 Å². The van der Waals surface area contributed by atoms with Gasteiger partial charge in [-0.3, -0.25) is 9.78 Å². The van der Waals surface area contributed by atoms with E-state index in [1.54, 1.807) is 13.0 Å². The van der Waals surface area contributed by atoms with Gasteiger partial charge in [0.2, 0.25) is 0 Å². The lowest BCUT2D eigenvalue weighted by atomic mass is 10.1. The number of nitrogen functional groups attached to an aromatic ring is 2. The van der Waals surface area contributed by atoms with E-state index in [9.17, 15) is 9.59 Å². The lowest BCUT2D eigenvalue weighted by Crippen LogP contribution is -2.23. The Morgan fingerprint density at radius 3 is 2.47 bits per heavy atom. The van der Waals surface area contributed by atoms with Crippen LogP contribution in [0.4, 0.5) is 11.4 Å². The van der Waals surface area contributed by atoms with Crippen LogP contribution >= 0.6 is 0 Å². The maximum Gasteiger partial charge on any atom is 0.326 e. The first-order valence-corrected chi connectivity index (χ1v) is 4.31. The molecule has 2 rings (SSSR count). The van der Waals surface area contributed by atoms with Crippen LogP contribution in [0.25, 0.3) is 10.9 Å². The van der Waals surface area contributed by atoms with E-state index in [-0.39, 0.29) is 11.1 Å². The van der Waals surface area contributed by atoms with Crippen LogP contribution in [0, 0.1) is 6.92 Å². The van der Waals surface area contributed by atoms with E-state index < -0.39 is 11.2 Å². The molecular formula is C9H10N4O2. The van der Waals surface area contributed by atoms with Crippen LogP contribution in [0.1, 0.15) is 5.56 Å². The third-order valence-corrected chi connectivity index (χ3v) is 2.32. The van der Waals surface area contributed by atoms with Gasteiger partial charge in [0.15, 0.2) is 0 Å². The number of hydrogen-bond acceptors (Lipinski definition) is 4. The van der Waals surface area contributed by atoms with Gasteiger partial charge in [0, 0.05) is 0 Å². The maximum atomic E-state index is 11.5. The van der Waals surface area contributed by atoms with Crippen molar-refractivity contribution in [2.24, 2.45) is 0 Å². The lowest BCUT2D eigenvalue weighted by molar-refractivity contribution is 1.08. The summed E-state index contributed by atoms with van der Waals surface area (Å²) in [7, 11) is 0. The van der Waals surface area contributed by atoms with Crippen molar-refractivity contribution in [1.82, 2.24) is 9.97 Å². The van der Waals surface area contributed by atoms with Gasteiger partial charge in [-0.05, 0) is 18.6 Å². The smallest absolute Gasteiger partial charge is 0.326 e. The van der Waals surface area contributed by atoms with Gasteiger partial charge in [0.05, 0.1) is 22.3 Å². The molecule has 6 heteroatoms. The summed E-state index contributed by atoms with van der Waals surface area (Å²) in [5.74, 6) is 0. The van der Waals surface area contributed by atoms with Gasteiger partial charge in [0.25, 0.3) is 5.56 Å². The number of anilines is 2. The highest BCUT2D eigenvalue weighted by Gasteiger charge is 2.09. The van der Waals surface area contributed by atoms with E-state index >= 15 is 0 Å². The van der Waals surface area contributed by atoms with Gasteiger partial charge in [-0.2, -0.15) is 0 Å². The number of aromatic amines is 2. The summed E-state index contributed by atoms with van der Waals surface area (Å²) in [4.78, 5) is 27.1. The minimum absolute atomic E-state index is 0.197. The molecule has 0 fully saturated rings. The molecule has 0 spiro atoms.